The third kappa shape index (κ3) is 3.92. The average molecular weight is 384 g/mol. The number of β-amino-alcohol motifs (C(OH)–C–C–N with tert-alkyl or cyclic N) is 1. The Morgan fingerprint density at radius 1 is 1.44 bits per heavy atom. The summed E-state index contributed by atoms with van der Waals surface area (Å²) in [6, 6.07) is 6.26. The van der Waals surface area contributed by atoms with Crippen LogP contribution in [0, 0.1) is 0 Å². The molecule has 2 heterocycles. The molecule has 1 aliphatic heterocycles. The third-order valence-electron chi connectivity index (χ3n) is 3.97. The fourth-order valence-corrected chi connectivity index (χ4v) is 4.27. The van der Waals surface area contributed by atoms with Crippen LogP contribution < -0.4 is 0 Å². The number of aliphatic hydroxyl groups excluding tert-OH is 1. The number of halogens is 1. The lowest BCUT2D eigenvalue weighted by atomic mass is 10.2. The summed E-state index contributed by atoms with van der Waals surface area (Å²) in [4.78, 5) is 4.20. The van der Waals surface area contributed by atoms with E-state index in [1.165, 1.54) is 10.4 Å². The standard InChI is InChI=1S/C16H18ClN3O4S/c1-2-15-18-16(24-19-15)14-9-12(21)10-20(14)25(22,23)8-7-11-5-3-4-6-13(11)17/h3-8,12,14,21H,2,9-10H2,1H3/b8-7+/t12-,14+/m0/s1. The molecule has 9 heteroatoms. The molecule has 2 atom stereocenters. The molecule has 7 nitrogen and oxygen atoms in total. The monoisotopic (exact) mass is 383 g/mol. The number of aliphatic hydroxyl groups is 1. The lowest BCUT2D eigenvalue weighted by molar-refractivity contribution is 0.188. The molecule has 0 spiro atoms. The molecule has 1 aliphatic rings. The summed E-state index contributed by atoms with van der Waals surface area (Å²) >= 11 is 6.05. The molecule has 0 saturated carbocycles. The maximum atomic E-state index is 12.7. The van der Waals surface area contributed by atoms with Crippen molar-refractivity contribution in [3.05, 3.63) is 52.0 Å². The molecule has 134 valence electrons. The summed E-state index contributed by atoms with van der Waals surface area (Å²) in [5.74, 6) is 0.698. The van der Waals surface area contributed by atoms with Crippen LogP contribution in [-0.2, 0) is 16.4 Å². The number of nitrogens with zero attached hydrogens (tertiary/aromatic N) is 3. The van der Waals surface area contributed by atoms with Gasteiger partial charge in [-0.05, 0) is 17.7 Å². The number of aromatic nitrogens is 2. The minimum Gasteiger partial charge on any atom is -0.392 e. The number of hydrogen-bond acceptors (Lipinski definition) is 6. The van der Waals surface area contributed by atoms with Crippen LogP contribution in [0.3, 0.4) is 0 Å². The van der Waals surface area contributed by atoms with Crippen LogP contribution in [0.1, 0.15) is 36.7 Å². The second kappa shape index (κ2) is 7.25. The summed E-state index contributed by atoms with van der Waals surface area (Å²) in [5.41, 5.74) is 0.593. The second-order valence-electron chi connectivity index (χ2n) is 5.75. The molecule has 1 saturated heterocycles. The van der Waals surface area contributed by atoms with Crippen molar-refractivity contribution in [1.82, 2.24) is 14.4 Å². The Morgan fingerprint density at radius 3 is 2.88 bits per heavy atom. The highest BCUT2D eigenvalue weighted by atomic mass is 35.5. The molecular weight excluding hydrogens is 366 g/mol. The van der Waals surface area contributed by atoms with E-state index in [0.29, 0.717) is 22.8 Å². The summed E-state index contributed by atoms with van der Waals surface area (Å²) in [7, 11) is -3.80. The Morgan fingerprint density at radius 2 is 2.20 bits per heavy atom. The molecule has 0 bridgehead atoms. The van der Waals surface area contributed by atoms with Gasteiger partial charge in [0.25, 0.3) is 0 Å². The highest BCUT2D eigenvalue weighted by Gasteiger charge is 2.41. The maximum absolute atomic E-state index is 12.7. The molecule has 1 fully saturated rings. The van der Waals surface area contributed by atoms with Gasteiger partial charge in [-0.3, -0.25) is 0 Å². The van der Waals surface area contributed by atoms with E-state index in [1.54, 1.807) is 24.3 Å². The number of sulfonamides is 1. The van der Waals surface area contributed by atoms with Crippen molar-refractivity contribution in [1.29, 1.82) is 0 Å². The van der Waals surface area contributed by atoms with Crippen molar-refractivity contribution in [2.45, 2.75) is 31.9 Å². The molecule has 25 heavy (non-hydrogen) atoms. The van der Waals surface area contributed by atoms with Gasteiger partial charge in [0, 0.05) is 29.8 Å². The molecule has 2 aromatic rings. The van der Waals surface area contributed by atoms with E-state index in [9.17, 15) is 13.5 Å². The molecule has 3 rings (SSSR count). The highest BCUT2D eigenvalue weighted by Crippen LogP contribution is 2.34. The average Bonchev–Trinajstić information content (AvgIpc) is 3.20. The Balaban J connectivity index is 1.87. The van der Waals surface area contributed by atoms with E-state index in [4.69, 9.17) is 16.1 Å². The van der Waals surface area contributed by atoms with Crippen molar-refractivity contribution < 1.29 is 18.0 Å². The Kier molecular flexibility index (Phi) is 5.24. The van der Waals surface area contributed by atoms with Crippen molar-refractivity contribution >= 4 is 27.7 Å². The van der Waals surface area contributed by atoms with Crippen LogP contribution in [0.4, 0.5) is 0 Å². The topological polar surface area (TPSA) is 96.5 Å². The Bertz CT molecular complexity index is 881. The third-order valence-corrected chi connectivity index (χ3v) is 5.85. The Labute approximate surface area is 151 Å². The van der Waals surface area contributed by atoms with E-state index in [0.717, 1.165) is 5.41 Å². The Hall–Kier alpha value is -1.74. The molecule has 1 aromatic heterocycles. The predicted octanol–water partition coefficient (Wildman–Crippen LogP) is 2.39. The number of benzene rings is 1. The number of rotatable bonds is 5. The zero-order valence-electron chi connectivity index (χ0n) is 13.5. The lowest BCUT2D eigenvalue weighted by Crippen LogP contribution is -2.30. The van der Waals surface area contributed by atoms with Crippen LogP contribution in [-0.4, -0.2) is 40.6 Å². The molecule has 1 aromatic carbocycles. The van der Waals surface area contributed by atoms with Crippen LogP contribution in [0.5, 0.6) is 0 Å². The highest BCUT2D eigenvalue weighted by molar-refractivity contribution is 7.92. The van der Waals surface area contributed by atoms with Gasteiger partial charge in [-0.25, -0.2) is 8.42 Å². The normalized spacial score (nSPS) is 22.0. The number of hydrogen-bond donors (Lipinski definition) is 1. The maximum Gasteiger partial charge on any atom is 0.245 e. The summed E-state index contributed by atoms with van der Waals surface area (Å²) in [6.07, 6.45) is 1.44. The van der Waals surface area contributed by atoms with Gasteiger partial charge in [0.2, 0.25) is 15.9 Å². The minimum absolute atomic E-state index is 0.0241. The van der Waals surface area contributed by atoms with Crippen LogP contribution >= 0.6 is 11.6 Å². The van der Waals surface area contributed by atoms with Gasteiger partial charge in [0.1, 0.15) is 6.04 Å². The summed E-state index contributed by atoms with van der Waals surface area (Å²) in [6.45, 7) is 1.85. The van der Waals surface area contributed by atoms with Crippen LogP contribution in [0.15, 0.2) is 34.2 Å². The van der Waals surface area contributed by atoms with Gasteiger partial charge in [0.05, 0.1) is 6.10 Å². The molecule has 1 N–H and O–H groups in total. The smallest absolute Gasteiger partial charge is 0.245 e. The fraction of sp³-hybridized carbons (Fsp3) is 0.375. The largest absolute Gasteiger partial charge is 0.392 e. The first-order valence-corrected chi connectivity index (χ1v) is 9.74. The minimum atomic E-state index is -3.80. The first kappa shape index (κ1) is 18.1. The molecule has 0 unspecified atom stereocenters. The van der Waals surface area contributed by atoms with E-state index >= 15 is 0 Å². The van der Waals surface area contributed by atoms with E-state index < -0.39 is 22.2 Å². The van der Waals surface area contributed by atoms with Gasteiger partial charge in [-0.1, -0.05) is 41.9 Å². The first-order valence-electron chi connectivity index (χ1n) is 7.85. The molecule has 0 aliphatic carbocycles. The quantitative estimate of drug-likeness (QED) is 0.851. The van der Waals surface area contributed by atoms with Crippen molar-refractivity contribution in [2.24, 2.45) is 0 Å². The van der Waals surface area contributed by atoms with Crippen molar-refractivity contribution in [2.75, 3.05) is 6.54 Å². The van der Waals surface area contributed by atoms with Crippen molar-refractivity contribution in [3.63, 3.8) is 0 Å². The lowest BCUT2D eigenvalue weighted by Gasteiger charge is -2.18. The van der Waals surface area contributed by atoms with Gasteiger partial charge in [-0.15, -0.1) is 0 Å². The van der Waals surface area contributed by atoms with Gasteiger partial charge in [0.15, 0.2) is 5.82 Å². The van der Waals surface area contributed by atoms with Crippen LogP contribution in [0.25, 0.3) is 6.08 Å². The second-order valence-corrected chi connectivity index (χ2v) is 7.92. The van der Waals surface area contributed by atoms with E-state index in [2.05, 4.69) is 10.1 Å². The molecule has 0 amide bonds. The van der Waals surface area contributed by atoms with Gasteiger partial charge >= 0.3 is 0 Å². The first-order chi connectivity index (χ1) is 11.9. The molecular formula is C16H18ClN3O4S. The van der Waals surface area contributed by atoms with Crippen molar-refractivity contribution in [3.8, 4) is 0 Å². The fourth-order valence-electron chi connectivity index (χ4n) is 2.68. The molecule has 0 radical (unpaired) electrons. The van der Waals surface area contributed by atoms with Gasteiger partial charge < -0.3 is 9.63 Å². The van der Waals surface area contributed by atoms with E-state index in [-0.39, 0.29) is 18.9 Å². The SMILES string of the molecule is CCc1noc([C@H]2C[C@H](O)CN2S(=O)(=O)/C=C/c2ccccc2Cl)n1. The van der Waals surface area contributed by atoms with E-state index in [1.807, 2.05) is 6.92 Å². The van der Waals surface area contributed by atoms with Gasteiger partial charge in [-0.2, -0.15) is 9.29 Å². The zero-order chi connectivity index (χ0) is 18.0. The summed E-state index contributed by atoms with van der Waals surface area (Å²) in [5, 5.41) is 15.3. The predicted molar refractivity (Wildman–Crippen MR) is 93.2 cm³/mol. The summed E-state index contributed by atoms with van der Waals surface area (Å²) < 4.78 is 31.8. The number of aryl methyl sites for hydroxylation is 1. The zero-order valence-corrected chi connectivity index (χ0v) is 15.1. The van der Waals surface area contributed by atoms with Crippen LogP contribution in [0.2, 0.25) is 5.02 Å².